The van der Waals surface area contributed by atoms with Gasteiger partial charge in [0.05, 0.1) is 18.9 Å². The fourth-order valence-corrected chi connectivity index (χ4v) is 2.59. The van der Waals surface area contributed by atoms with Gasteiger partial charge in [-0.25, -0.2) is 10.5 Å². The Bertz CT molecular complexity index is 705. The first-order valence-electron chi connectivity index (χ1n) is 7.76. The summed E-state index contributed by atoms with van der Waals surface area (Å²) in [5.74, 6) is -0.776. The largest absolute Gasteiger partial charge is 0.441 e. The minimum Gasteiger partial charge on any atom is -0.441 e. The lowest BCUT2D eigenvalue weighted by Crippen LogP contribution is -2.52. The van der Waals surface area contributed by atoms with Crippen LogP contribution in [0.4, 0.5) is 0 Å². The van der Waals surface area contributed by atoms with Crippen molar-refractivity contribution in [2.75, 3.05) is 13.2 Å². The molecule has 2 N–H and O–H groups in total. The predicted molar refractivity (Wildman–Crippen MR) is 84.1 cm³/mol. The highest BCUT2D eigenvalue weighted by atomic mass is 16.7. The molecule has 24 heavy (non-hydrogen) atoms. The maximum Gasteiger partial charge on any atom is 0.303 e. The number of hydrogen-bond donors (Lipinski definition) is 2. The fraction of sp³-hybridized carbons (Fsp3) is 0.412. The van der Waals surface area contributed by atoms with Crippen LogP contribution in [0.15, 0.2) is 34.7 Å². The van der Waals surface area contributed by atoms with E-state index in [-0.39, 0.29) is 5.92 Å². The molecule has 1 aromatic heterocycles. The van der Waals surface area contributed by atoms with Crippen molar-refractivity contribution in [3.8, 4) is 11.5 Å². The number of oxazole rings is 1. The van der Waals surface area contributed by atoms with Crippen LogP contribution in [0.2, 0.25) is 0 Å². The molecular formula is C17H20N2O5. The Kier molecular flexibility index (Phi) is 4.66. The number of hydroxylamine groups is 1. The van der Waals surface area contributed by atoms with Gasteiger partial charge in [0.25, 0.3) is 0 Å². The Hall–Kier alpha value is -2.22. The van der Waals surface area contributed by atoms with Gasteiger partial charge < -0.3 is 13.9 Å². The quantitative estimate of drug-likeness (QED) is 0.658. The molecule has 2 aromatic rings. The molecule has 1 saturated heterocycles. The number of carbonyl (C=O) groups is 1. The number of nitrogens with one attached hydrogen (secondary N) is 1. The lowest BCUT2D eigenvalue weighted by Gasteiger charge is -2.35. The molecule has 0 bridgehead atoms. The number of carbonyl (C=O) groups excluding carboxylic acids is 1. The van der Waals surface area contributed by atoms with Gasteiger partial charge in [-0.3, -0.25) is 10.0 Å². The second kappa shape index (κ2) is 6.72. The normalized spacial score (nSPS) is 23.9. The van der Waals surface area contributed by atoms with Crippen molar-refractivity contribution in [1.82, 2.24) is 10.5 Å². The maximum absolute atomic E-state index is 11.5. The zero-order valence-corrected chi connectivity index (χ0v) is 13.6. The third-order valence-electron chi connectivity index (χ3n) is 4.10. The van der Waals surface area contributed by atoms with Crippen molar-refractivity contribution in [3.05, 3.63) is 41.8 Å². The van der Waals surface area contributed by atoms with E-state index >= 15 is 0 Å². The molecule has 7 heteroatoms. The SMILES string of the molecule is Cc1oc(-c2ccccc2)nc1CC1COC(C)(C(=O)NO)OC1. The predicted octanol–water partition coefficient (Wildman–Crippen LogP) is 2.08. The second-order valence-corrected chi connectivity index (χ2v) is 5.97. The van der Waals surface area contributed by atoms with Crippen LogP contribution in [0.25, 0.3) is 11.5 Å². The van der Waals surface area contributed by atoms with E-state index in [2.05, 4.69) is 4.98 Å². The minimum atomic E-state index is -1.46. The summed E-state index contributed by atoms with van der Waals surface area (Å²) in [4.78, 5) is 16.1. The number of aryl methyl sites for hydroxylation is 1. The third-order valence-corrected chi connectivity index (χ3v) is 4.10. The van der Waals surface area contributed by atoms with Crippen molar-refractivity contribution in [3.63, 3.8) is 0 Å². The van der Waals surface area contributed by atoms with Gasteiger partial charge in [0.1, 0.15) is 5.76 Å². The number of amides is 1. The Balaban J connectivity index is 1.66. The Morgan fingerprint density at radius 2 is 2.00 bits per heavy atom. The first kappa shape index (κ1) is 16.6. The Morgan fingerprint density at radius 3 is 2.62 bits per heavy atom. The summed E-state index contributed by atoms with van der Waals surface area (Å²) in [6, 6.07) is 9.70. The summed E-state index contributed by atoms with van der Waals surface area (Å²) in [6.45, 7) is 4.01. The van der Waals surface area contributed by atoms with E-state index in [9.17, 15) is 4.79 Å². The molecule has 1 aliphatic rings. The van der Waals surface area contributed by atoms with E-state index in [1.54, 1.807) is 5.48 Å². The topological polar surface area (TPSA) is 93.8 Å². The molecule has 2 heterocycles. The molecule has 1 aliphatic heterocycles. The molecule has 7 nitrogen and oxygen atoms in total. The molecule has 3 rings (SSSR count). The van der Waals surface area contributed by atoms with Crippen molar-refractivity contribution >= 4 is 5.91 Å². The molecule has 0 spiro atoms. The number of rotatable bonds is 4. The fourth-order valence-electron chi connectivity index (χ4n) is 2.59. The number of aromatic nitrogens is 1. The van der Waals surface area contributed by atoms with E-state index in [1.165, 1.54) is 6.92 Å². The van der Waals surface area contributed by atoms with Crippen LogP contribution in [0.3, 0.4) is 0 Å². The van der Waals surface area contributed by atoms with Crippen LogP contribution >= 0.6 is 0 Å². The van der Waals surface area contributed by atoms with Crippen molar-refractivity contribution in [2.24, 2.45) is 5.92 Å². The zero-order chi connectivity index (χ0) is 17.2. The Morgan fingerprint density at radius 1 is 1.33 bits per heavy atom. The van der Waals surface area contributed by atoms with E-state index < -0.39 is 11.7 Å². The van der Waals surface area contributed by atoms with Gasteiger partial charge in [0.2, 0.25) is 11.7 Å². The Labute approximate surface area is 139 Å². The van der Waals surface area contributed by atoms with Gasteiger partial charge >= 0.3 is 5.91 Å². The van der Waals surface area contributed by atoms with Gasteiger partial charge in [-0.2, -0.15) is 0 Å². The first-order valence-corrected chi connectivity index (χ1v) is 7.76. The molecule has 128 valence electrons. The zero-order valence-electron chi connectivity index (χ0n) is 13.6. The molecule has 0 radical (unpaired) electrons. The number of nitrogens with zero attached hydrogens (tertiary/aromatic N) is 1. The van der Waals surface area contributed by atoms with Gasteiger partial charge in [-0.05, 0) is 26.0 Å². The molecule has 1 aromatic carbocycles. The second-order valence-electron chi connectivity index (χ2n) is 5.97. The van der Waals surface area contributed by atoms with E-state index in [1.807, 2.05) is 37.3 Å². The highest BCUT2D eigenvalue weighted by Crippen LogP contribution is 2.27. The summed E-state index contributed by atoms with van der Waals surface area (Å²) in [5.41, 5.74) is 3.33. The maximum atomic E-state index is 11.5. The van der Waals surface area contributed by atoms with Crippen molar-refractivity contribution in [2.45, 2.75) is 26.1 Å². The highest BCUT2D eigenvalue weighted by molar-refractivity contribution is 5.82. The number of ether oxygens (including phenoxy) is 2. The van der Waals surface area contributed by atoms with Gasteiger partial charge in [0, 0.05) is 17.9 Å². The molecule has 0 aliphatic carbocycles. The highest BCUT2D eigenvalue weighted by Gasteiger charge is 2.40. The number of benzene rings is 1. The molecule has 0 saturated carbocycles. The van der Waals surface area contributed by atoms with Crippen molar-refractivity contribution in [1.29, 1.82) is 0 Å². The standard InChI is InChI=1S/C17H20N2O5/c1-11-14(18-15(24-11)13-6-4-3-5-7-13)8-12-9-22-17(2,23-10-12)16(20)19-21/h3-7,12,21H,8-10H2,1-2H3,(H,19,20). The van der Waals surface area contributed by atoms with Gasteiger partial charge in [0.15, 0.2) is 0 Å². The lowest BCUT2D eigenvalue weighted by atomic mass is 10.0. The molecular weight excluding hydrogens is 312 g/mol. The lowest BCUT2D eigenvalue weighted by molar-refractivity contribution is -0.263. The number of hydrogen-bond acceptors (Lipinski definition) is 6. The molecule has 0 atom stereocenters. The summed E-state index contributed by atoms with van der Waals surface area (Å²) in [5, 5.41) is 8.72. The molecule has 0 unspecified atom stereocenters. The van der Waals surface area contributed by atoms with Crippen molar-refractivity contribution < 1.29 is 23.9 Å². The average molecular weight is 332 g/mol. The third kappa shape index (κ3) is 3.33. The van der Waals surface area contributed by atoms with E-state index in [0.717, 1.165) is 17.0 Å². The van der Waals surface area contributed by atoms with E-state index in [4.69, 9.17) is 19.1 Å². The van der Waals surface area contributed by atoms with Crippen LogP contribution in [0, 0.1) is 12.8 Å². The van der Waals surface area contributed by atoms with Crippen LogP contribution in [0.5, 0.6) is 0 Å². The summed E-state index contributed by atoms with van der Waals surface area (Å²) >= 11 is 0. The monoisotopic (exact) mass is 332 g/mol. The van der Waals surface area contributed by atoms with Crippen LogP contribution in [-0.4, -0.2) is 35.1 Å². The van der Waals surface area contributed by atoms with E-state index in [0.29, 0.717) is 25.5 Å². The summed E-state index contributed by atoms with van der Waals surface area (Å²) in [6.07, 6.45) is 0.624. The average Bonchev–Trinajstić information content (AvgIpc) is 2.98. The summed E-state index contributed by atoms with van der Waals surface area (Å²) < 4.78 is 16.7. The summed E-state index contributed by atoms with van der Waals surface area (Å²) in [7, 11) is 0. The molecule has 1 amide bonds. The molecule has 1 fully saturated rings. The van der Waals surface area contributed by atoms with Crippen LogP contribution < -0.4 is 5.48 Å². The van der Waals surface area contributed by atoms with Gasteiger partial charge in [-0.15, -0.1) is 0 Å². The first-order chi connectivity index (χ1) is 11.5. The van der Waals surface area contributed by atoms with Crippen LogP contribution in [0.1, 0.15) is 18.4 Å². The van der Waals surface area contributed by atoms with Gasteiger partial charge in [-0.1, -0.05) is 18.2 Å². The van der Waals surface area contributed by atoms with Crippen LogP contribution in [-0.2, 0) is 20.7 Å². The minimum absolute atomic E-state index is 0.0528. The smallest absolute Gasteiger partial charge is 0.303 e.